The fourth-order valence-corrected chi connectivity index (χ4v) is 2.06. The highest BCUT2D eigenvalue weighted by molar-refractivity contribution is 7.89. The minimum atomic E-state index is -3.68. The van der Waals surface area contributed by atoms with Crippen LogP contribution in [-0.4, -0.2) is 8.42 Å². The first kappa shape index (κ1) is 14.2. The first-order valence-corrected chi connectivity index (χ1v) is 7.31. The van der Waals surface area contributed by atoms with Crippen LogP contribution in [0.2, 0.25) is 0 Å². The van der Waals surface area contributed by atoms with E-state index < -0.39 is 10.0 Å². The van der Waals surface area contributed by atoms with Gasteiger partial charge in [-0.2, -0.15) is 10.2 Å². The van der Waals surface area contributed by atoms with Crippen molar-refractivity contribution in [1.82, 2.24) is 0 Å². The molecule has 7 heteroatoms. The molecule has 0 aromatic heterocycles. The lowest BCUT2D eigenvalue weighted by Crippen LogP contribution is -2.11. The van der Waals surface area contributed by atoms with Crippen molar-refractivity contribution in [2.75, 3.05) is 5.73 Å². The van der Waals surface area contributed by atoms with Gasteiger partial charge in [0.2, 0.25) is 10.0 Å². The highest BCUT2D eigenvalue weighted by Crippen LogP contribution is 2.22. The smallest absolute Gasteiger partial charge is 0.238 e. The van der Waals surface area contributed by atoms with Gasteiger partial charge in [0, 0.05) is 5.69 Å². The Kier molecular flexibility index (Phi) is 3.82. The van der Waals surface area contributed by atoms with E-state index in [4.69, 9.17) is 10.9 Å². The van der Waals surface area contributed by atoms with E-state index in [0.717, 1.165) is 5.56 Å². The maximum Gasteiger partial charge on any atom is 0.238 e. The second-order valence-electron chi connectivity index (χ2n) is 4.28. The summed E-state index contributed by atoms with van der Waals surface area (Å²) in [5.41, 5.74) is 8.54. The van der Waals surface area contributed by atoms with Gasteiger partial charge in [0.05, 0.1) is 16.3 Å². The molecule has 20 heavy (non-hydrogen) atoms. The largest absolute Gasteiger partial charge is 0.399 e. The summed E-state index contributed by atoms with van der Waals surface area (Å²) < 4.78 is 22.2. The molecule has 0 amide bonds. The van der Waals surface area contributed by atoms with E-state index in [1.54, 1.807) is 12.1 Å². The van der Waals surface area contributed by atoms with Crippen LogP contribution < -0.4 is 10.9 Å². The van der Waals surface area contributed by atoms with Gasteiger partial charge in [-0.3, -0.25) is 0 Å². The first-order chi connectivity index (χ1) is 9.36. The van der Waals surface area contributed by atoms with Gasteiger partial charge in [-0.25, -0.2) is 13.6 Å². The number of anilines is 1. The average molecular weight is 290 g/mol. The highest BCUT2D eigenvalue weighted by Gasteiger charge is 2.06. The lowest BCUT2D eigenvalue weighted by Gasteiger charge is -2.00. The number of sulfonamides is 1. The van der Waals surface area contributed by atoms with E-state index in [9.17, 15) is 8.42 Å². The Bertz CT molecular complexity index is 752. The Balaban J connectivity index is 2.21. The van der Waals surface area contributed by atoms with Crippen molar-refractivity contribution in [2.24, 2.45) is 15.4 Å². The van der Waals surface area contributed by atoms with E-state index in [-0.39, 0.29) is 4.90 Å². The van der Waals surface area contributed by atoms with Gasteiger partial charge in [-0.05, 0) is 55.0 Å². The van der Waals surface area contributed by atoms with Crippen LogP contribution in [0, 0.1) is 6.92 Å². The Hall–Kier alpha value is -2.25. The zero-order chi connectivity index (χ0) is 14.8. The molecule has 2 aromatic carbocycles. The molecule has 0 heterocycles. The molecule has 0 radical (unpaired) electrons. The Labute approximate surface area is 117 Å². The van der Waals surface area contributed by atoms with Crippen molar-refractivity contribution in [1.29, 1.82) is 0 Å². The Morgan fingerprint density at radius 3 is 2.05 bits per heavy atom. The Morgan fingerprint density at radius 1 is 0.950 bits per heavy atom. The SMILES string of the molecule is Cc1cc(N=Nc2ccc(S(N)(=O)=O)cc2)ccc1N. The molecule has 0 bridgehead atoms. The third-order valence-electron chi connectivity index (χ3n) is 2.70. The zero-order valence-corrected chi connectivity index (χ0v) is 11.6. The predicted octanol–water partition coefficient (Wildman–Crippen LogP) is 2.64. The number of hydrogen-bond acceptors (Lipinski definition) is 5. The minimum absolute atomic E-state index is 0.0415. The van der Waals surface area contributed by atoms with Crippen molar-refractivity contribution in [3.63, 3.8) is 0 Å². The van der Waals surface area contributed by atoms with Crippen LogP contribution in [0.3, 0.4) is 0 Å². The van der Waals surface area contributed by atoms with Gasteiger partial charge >= 0.3 is 0 Å². The molecule has 0 aliphatic heterocycles. The van der Waals surface area contributed by atoms with Crippen LogP contribution in [0.5, 0.6) is 0 Å². The number of nitrogens with zero attached hydrogens (tertiary/aromatic N) is 2. The molecular weight excluding hydrogens is 276 g/mol. The minimum Gasteiger partial charge on any atom is -0.399 e. The van der Waals surface area contributed by atoms with E-state index >= 15 is 0 Å². The van der Waals surface area contributed by atoms with E-state index in [1.807, 2.05) is 13.0 Å². The van der Waals surface area contributed by atoms with Crippen LogP contribution in [0.15, 0.2) is 57.6 Å². The summed E-state index contributed by atoms with van der Waals surface area (Å²) in [6.07, 6.45) is 0. The second kappa shape index (κ2) is 5.40. The van der Waals surface area contributed by atoms with Crippen LogP contribution >= 0.6 is 0 Å². The van der Waals surface area contributed by atoms with Gasteiger partial charge in [0.15, 0.2) is 0 Å². The number of hydrogen-bond donors (Lipinski definition) is 2. The van der Waals surface area contributed by atoms with Crippen molar-refractivity contribution in [3.8, 4) is 0 Å². The molecule has 2 rings (SSSR count). The van der Waals surface area contributed by atoms with Gasteiger partial charge in [0.25, 0.3) is 0 Å². The standard InChI is InChI=1S/C13H14N4O2S/c1-9-8-11(4-7-13(9)14)17-16-10-2-5-12(6-3-10)20(15,18)19/h2-8H,14H2,1H3,(H2,15,18,19). The molecule has 6 nitrogen and oxygen atoms in total. The molecule has 0 fully saturated rings. The summed E-state index contributed by atoms with van der Waals surface area (Å²) in [5, 5.41) is 13.1. The average Bonchev–Trinajstić information content (AvgIpc) is 2.40. The molecule has 4 N–H and O–H groups in total. The van der Waals surface area contributed by atoms with E-state index in [1.165, 1.54) is 24.3 Å². The maximum atomic E-state index is 11.1. The molecule has 2 aromatic rings. The third kappa shape index (κ3) is 3.40. The van der Waals surface area contributed by atoms with Crippen molar-refractivity contribution in [3.05, 3.63) is 48.0 Å². The summed E-state index contributed by atoms with van der Waals surface area (Å²) in [6, 6.07) is 11.2. The van der Waals surface area contributed by atoms with Gasteiger partial charge < -0.3 is 5.73 Å². The fourth-order valence-electron chi connectivity index (χ4n) is 1.54. The topological polar surface area (TPSA) is 111 Å². The molecule has 0 saturated heterocycles. The van der Waals surface area contributed by atoms with Crippen molar-refractivity contribution < 1.29 is 8.42 Å². The number of nitrogen functional groups attached to an aromatic ring is 1. The number of azo groups is 1. The zero-order valence-electron chi connectivity index (χ0n) is 10.8. The van der Waals surface area contributed by atoms with Crippen LogP contribution in [0.25, 0.3) is 0 Å². The molecule has 0 atom stereocenters. The molecule has 0 saturated carbocycles. The molecule has 104 valence electrons. The normalized spacial score (nSPS) is 11.9. The number of benzene rings is 2. The quantitative estimate of drug-likeness (QED) is 0.669. The lowest BCUT2D eigenvalue weighted by molar-refractivity contribution is 0.598. The summed E-state index contributed by atoms with van der Waals surface area (Å²) in [7, 11) is -3.68. The monoisotopic (exact) mass is 290 g/mol. The summed E-state index contributed by atoms with van der Waals surface area (Å²) in [6.45, 7) is 1.88. The lowest BCUT2D eigenvalue weighted by atomic mass is 10.2. The molecule has 0 aliphatic rings. The number of rotatable bonds is 3. The van der Waals surface area contributed by atoms with Crippen molar-refractivity contribution in [2.45, 2.75) is 11.8 Å². The van der Waals surface area contributed by atoms with Crippen LogP contribution in [0.4, 0.5) is 17.1 Å². The third-order valence-corrected chi connectivity index (χ3v) is 3.63. The van der Waals surface area contributed by atoms with Crippen LogP contribution in [-0.2, 0) is 10.0 Å². The van der Waals surface area contributed by atoms with E-state index in [0.29, 0.717) is 17.1 Å². The van der Waals surface area contributed by atoms with Gasteiger partial charge in [-0.1, -0.05) is 0 Å². The number of aryl methyl sites for hydroxylation is 1. The fraction of sp³-hybridized carbons (Fsp3) is 0.0769. The van der Waals surface area contributed by atoms with Crippen molar-refractivity contribution >= 4 is 27.1 Å². The summed E-state index contributed by atoms with van der Waals surface area (Å²) in [4.78, 5) is 0.0415. The molecule has 0 aliphatic carbocycles. The summed E-state index contributed by atoms with van der Waals surface area (Å²) >= 11 is 0. The first-order valence-electron chi connectivity index (χ1n) is 5.77. The number of primary sulfonamides is 1. The molecule has 0 spiro atoms. The summed E-state index contributed by atoms with van der Waals surface area (Å²) in [5.74, 6) is 0. The maximum absolute atomic E-state index is 11.1. The Morgan fingerprint density at radius 2 is 1.50 bits per heavy atom. The number of nitrogens with two attached hydrogens (primary N) is 2. The highest BCUT2D eigenvalue weighted by atomic mass is 32.2. The van der Waals surface area contributed by atoms with E-state index in [2.05, 4.69) is 10.2 Å². The van der Waals surface area contributed by atoms with Gasteiger partial charge in [-0.15, -0.1) is 0 Å². The molecule has 0 unspecified atom stereocenters. The van der Waals surface area contributed by atoms with Crippen LogP contribution in [0.1, 0.15) is 5.56 Å². The van der Waals surface area contributed by atoms with Gasteiger partial charge in [0.1, 0.15) is 0 Å². The predicted molar refractivity (Wildman–Crippen MR) is 77.6 cm³/mol. The molecular formula is C13H14N4O2S. The second-order valence-corrected chi connectivity index (χ2v) is 5.84.